The van der Waals surface area contributed by atoms with Gasteiger partial charge in [0.15, 0.2) is 6.29 Å². The molecule has 0 bridgehead atoms. The summed E-state index contributed by atoms with van der Waals surface area (Å²) in [6.07, 6.45) is 66.6. The summed E-state index contributed by atoms with van der Waals surface area (Å²) in [5.41, 5.74) is 0. The van der Waals surface area contributed by atoms with Crippen LogP contribution in [0.5, 0.6) is 0 Å². The Morgan fingerprint density at radius 2 is 0.829 bits per heavy atom. The van der Waals surface area contributed by atoms with E-state index in [0.29, 0.717) is 13.0 Å². The first kappa shape index (κ1) is 64.6. The number of aliphatic hydroxyl groups is 4. The van der Waals surface area contributed by atoms with Crippen LogP contribution in [0.4, 0.5) is 0 Å². The predicted octanol–water partition coefficient (Wildman–Crippen LogP) is 14.3. The molecule has 398 valence electrons. The van der Waals surface area contributed by atoms with Gasteiger partial charge in [-0.1, -0.05) is 206 Å². The molecule has 1 aliphatic heterocycles. The molecule has 0 spiro atoms. The number of carbonyl (C=O) groups excluding carboxylic acids is 1. The first-order valence-electron chi connectivity index (χ1n) is 27.6. The highest BCUT2D eigenvalue weighted by atomic mass is 16.7. The largest absolute Gasteiger partial charge is 0.457 e. The van der Waals surface area contributed by atoms with Crippen molar-refractivity contribution in [3.05, 3.63) is 122 Å². The lowest BCUT2D eigenvalue weighted by Gasteiger charge is -2.39. The first-order valence-corrected chi connectivity index (χ1v) is 27.6. The molecule has 0 aliphatic carbocycles. The monoisotopic (exact) mass is 977 g/mol. The topological polar surface area (TPSA) is 135 Å². The van der Waals surface area contributed by atoms with Crippen LogP contribution in [-0.4, -0.2) is 89.6 Å². The van der Waals surface area contributed by atoms with E-state index in [1.807, 2.05) is 0 Å². The number of hydrogen-bond donors (Lipinski definition) is 4. The zero-order chi connectivity index (χ0) is 50.6. The van der Waals surface area contributed by atoms with Gasteiger partial charge in [-0.05, 0) is 103 Å². The number of aliphatic hydroxyl groups excluding tert-OH is 4. The van der Waals surface area contributed by atoms with Crippen LogP contribution >= 0.6 is 0 Å². The molecule has 1 fully saturated rings. The van der Waals surface area contributed by atoms with Gasteiger partial charge in [-0.25, -0.2) is 0 Å². The minimum absolute atomic E-state index is 0.126. The highest BCUT2D eigenvalue weighted by Gasteiger charge is 2.44. The van der Waals surface area contributed by atoms with Crippen molar-refractivity contribution in [1.82, 2.24) is 0 Å². The summed E-state index contributed by atoms with van der Waals surface area (Å²) >= 11 is 0. The molecule has 70 heavy (non-hydrogen) atoms. The molecule has 0 aromatic carbocycles. The second kappa shape index (κ2) is 50.5. The van der Waals surface area contributed by atoms with Gasteiger partial charge < -0.3 is 39.4 Å². The number of hydrogen-bond acceptors (Lipinski definition) is 9. The molecule has 6 unspecified atom stereocenters. The molecule has 1 saturated heterocycles. The lowest BCUT2D eigenvalue weighted by Crippen LogP contribution is -2.59. The summed E-state index contributed by atoms with van der Waals surface area (Å²) in [5, 5.41) is 40.3. The number of allylic oxidation sites excluding steroid dienone is 20. The van der Waals surface area contributed by atoms with Gasteiger partial charge in [-0.2, -0.15) is 0 Å². The predicted molar refractivity (Wildman–Crippen MR) is 292 cm³/mol. The highest BCUT2D eigenvalue weighted by Crippen LogP contribution is 2.23. The second-order valence-electron chi connectivity index (χ2n) is 18.3. The van der Waals surface area contributed by atoms with Crippen molar-refractivity contribution < 1.29 is 44.2 Å². The molecule has 0 saturated carbocycles. The second-order valence-corrected chi connectivity index (χ2v) is 18.3. The van der Waals surface area contributed by atoms with Crippen LogP contribution in [0.25, 0.3) is 0 Å². The minimum atomic E-state index is -1.55. The van der Waals surface area contributed by atoms with Crippen LogP contribution in [0.15, 0.2) is 122 Å². The summed E-state index contributed by atoms with van der Waals surface area (Å²) in [6, 6.07) is 0. The maximum absolute atomic E-state index is 12.9. The fraction of sp³-hybridized carbons (Fsp3) is 0.656. The fourth-order valence-electron chi connectivity index (χ4n) is 7.66. The third-order valence-corrected chi connectivity index (χ3v) is 11.9. The number of ether oxygens (including phenoxy) is 4. The Morgan fingerprint density at radius 1 is 0.457 bits per heavy atom. The fourth-order valence-corrected chi connectivity index (χ4v) is 7.66. The van der Waals surface area contributed by atoms with Crippen molar-refractivity contribution in [2.75, 3.05) is 26.4 Å². The van der Waals surface area contributed by atoms with Crippen LogP contribution < -0.4 is 0 Å². The molecule has 0 aromatic heterocycles. The van der Waals surface area contributed by atoms with E-state index in [2.05, 4.69) is 135 Å². The number of unbranched alkanes of at least 4 members (excludes halogenated alkanes) is 15. The normalized spacial score (nSPS) is 19.9. The lowest BCUT2D eigenvalue weighted by molar-refractivity contribution is -0.305. The van der Waals surface area contributed by atoms with E-state index >= 15 is 0 Å². The SMILES string of the molecule is CC/C=C\C/C=C\C/C=C\C/C=C\C/C=C\CCCCCCCCCCOCC(COC1OC(CO)C(O)C(O)C1O)OC(=O)CCCCCCCCC/C=C\C/C=C\C/C=C\C/C=C\C/C=C\CC. The zero-order valence-corrected chi connectivity index (χ0v) is 44.0. The molecule has 4 N–H and O–H groups in total. The average molecular weight is 977 g/mol. The van der Waals surface area contributed by atoms with Crippen molar-refractivity contribution >= 4 is 5.97 Å². The Kier molecular flexibility index (Phi) is 46.6. The van der Waals surface area contributed by atoms with Gasteiger partial charge in [0, 0.05) is 13.0 Å². The maximum atomic E-state index is 12.9. The standard InChI is InChI=1S/C61H100O9/c1-3-5-7-9-11-13-15-17-19-21-23-25-27-29-31-33-35-37-39-41-43-45-47-49-51-67-53-55(54-68-61-60(66)59(65)58(64)56(52-62)70-61)69-57(63)50-48-46-44-42-40-38-36-34-32-30-28-26-24-22-20-18-16-14-12-10-8-6-4-2/h5-8,11-14,17-20,23-26,29-32,55-56,58-62,64-66H,3-4,9-10,15-16,21-22,27-28,33-54H2,1-2H3/b7-5-,8-6-,13-11-,14-12-,19-17-,20-18-,25-23-,26-24-,31-29-,32-30-. The van der Waals surface area contributed by atoms with Gasteiger partial charge in [0.2, 0.25) is 0 Å². The minimum Gasteiger partial charge on any atom is -0.457 e. The van der Waals surface area contributed by atoms with Gasteiger partial charge in [0.1, 0.15) is 30.5 Å². The first-order chi connectivity index (χ1) is 34.4. The molecule has 1 rings (SSSR count). The van der Waals surface area contributed by atoms with Gasteiger partial charge >= 0.3 is 5.97 Å². The van der Waals surface area contributed by atoms with E-state index in [-0.39, 0.29) is 19.2 Å². The van der Waals surface area contributed by atoms with Gasteiger partial charge in [-0.15, -0.1) is 0 Å². The van der Waals surface area contributed by atoms with Crippen LogP contribution in [0.1, 0.15) is 194 Å². The molecule has 1 aliphatic rings. The van der Waals surface area contributed by atoms with E-state index in [0.717, 1.165) is 122 Å². The molecule has 6 atom stereocenters. The zero-order valence-electron chi connectivity index (χ0n) is 44.0. The average Bonchev–Trinajstić information content (AvgIpc) is 3.36. The van der Waals surface area contributed by atoms with E-state index in [1.54, 1.807) is 0 Å². The van der Waals surface area contributed by atoms with Crippen molar-refractivity contribution in [1.29, 1.82) is 0 Å². The summed E-state index contributed by atoms with van der Waals surface area (Å²) in [7, 11) is 0. The summed E-state index contributed by atoms with van der Waals surface area (Å²) in [5.74, 6) is -0.332. The van der Waals surface area contributed by atoms with E-state index in [4.69, 9.17) is 18.9 Å². The molecule has 0 amide bonds. The van der Waals surface area contributed by atoms with Crippen molar-refractivity contribution in [2.45, 2.75) is 230 Å². The third-order valence-electron chi connectivity index (χ3n) is 11.9. The summed E-state index contributed by atoms with van der Waals surface area (Å²) in [4.78, 5) is 12.9. The van der Waals surface area contributed by atoms with Gasteiger partial charge in [0.25, 0.3) is 0 Å². The molecule has 1 heterocycles. The Morgan fingerprint density at radius 3 is 1.24 bits per heavy atom. The number of esters is 1. The quantitative estimate of drug-likeness (QED) is 0.0267. The van der Waals surface area contributed by atoms with Crippen LogP contribution in [0.2, 0.25) is 0 Å². The van der Waals surface area contributed by atoms with Crippen LogP contribution in [0.3, 0.4) is 0 Å². The van der Waals surface area contributed by atoms with Crippen molar-refractivity contribution in [2.24, 2.45) is 0 Å². The Bertz CT molecular complexity index is 1480. The van der Waals surface area contributed by atoms with E-state index in [1.165, 1.54) is 51.4 Å². The summed E-state index contributed by atoms with van der Waals surface area (Å²) < 4.78 is 22.9. The third kappa shape index (κ3) is 40.2. The molecule has 9 nitrogen and oxygen atoms in total. The summed E-state index contributed by atoms with van der Waals surface area (Å²) in [6.45, 7) is 4.29. The molecule has 9 heteroatoms. The smallest absolute Gasteiger partial charge is 0.306 e. The molecule has 0 aromatic rings. The highest BCUT2D eigenvalue weighted by molar-refractivity contribution is 5.69. The number of rotatable bonds is 46. The van der Waals surface area contributed by atoms with E-state index < -0.39 is 43.4 Å². The maximum Gasteiger partial charge on any atom is 0.306 e. The van der Waals surface area contributed by atoms with Crippen molar-refractivity contribution in [3.63, 3.8) is 0 Å². The number of carbonyl (C=O) groups is 1. The van der Waals surface area contributed by atoms with Gasteiger partial charge in [-0.3, -0.25) is 4.79 Å². The molecule has 0 radical (unpaired) electrons. The van der Waals surface area contributed by atoms with Crippen LogP contribution in [0, 0.1) is 0 Å². The van der Waals surface area contributed by atoms with Crippen LogP contribution in [-0.2, 0) is 23.7 Å². The van der Waals surface area contributed by atoms with Gasteiger partial charge in [0.05, 0.1) is 19.8 Å². The molecular weight excluding hydrogens is 877 g/mol. The van der Waals surface area contributed by atoms with E-state index in [9.17, 15) is 25.2 Å². The lowest BCUT2D eigenvalue weighted by atomic mass is 9.99. The van der Waals surface area contributed by atoms with Crippen molar-refractivity contribution in [3.8, 4) is 0 Å². The molecular formula is C61H100O9. The Labute approximate surface area is 427 Å². The Hall–Kier alpha value is -3.41. The Balaban J connectivity index is 2.21.